The zero-order chi connectivity index (χ0) is 19.0. The number of aliphatic imine (C=N–C) groups is 1. The number of fused-ring (bicyclic) bond motifs is 1. The number of carbonyl (C=O) groups excluding carboxylic acids is 1. The summed E-state index contributed by atoms with van der Waals surface area (Å²) in [6.45, 7) is 1.93. The van der Waals surface area contributed by atoms with Crippen molar-refractivity contribution in [2.75, 3.05) is 7.05 Å². The Kier molecular flexibility index (Phi) is 4.82. The van der Waals surface area contributed by atoms with Crippen LogP contribution in [0.2, 0.25) is 5.02 Å². The van der Waals surface area contributed by atoms with Gasteiger partial charge in [-0.2, -0.15) is 0 Å². The van der Waals surface area contributed by atoms with E-state index < -0.39 is 23.9 Å². The highest BCUT2D eigenvalue weighted by molar-refractivity contribution is 6.30. The summed E-state index contributed by atoms with van der Waals surface area (Å²) in [6, 6.07) is 2.97. The molecular formula is C18H17ClFN3O3. The molecule has 0 aromatic heterocycles. The first kappa shape index (κ1) is 18.1. The molecule has 0 spiro atoms. The van der Waals surface area contributed by atoms with E-state index in [2.05, 4.69) is 4.99 Å². The van der Waals surface area contributed by atoms with Crippen molar-refractivity contribution in [3.8, 4) is 0 Å². The number of hydrogen-bond donors (Lipinski definition) is 1. The number of aliphatic carboxylic acids is 1. The number of allylic oxidation sites excluding steroid dienone is 2. The molecule has 8 heteroatoms. The van der Waals surface area contributed by atoms with Gasteiger partial charge in [0.25, 0.3) is 5.91 Å². The highest BCUT2D eigenvalue weighted by atomic mass is 35.5. The zero-order valence-electron chi connectivity index (χ0n) is 14.2. The molecule has 1 N–H and O–H groups in total. The van der Waals surface area contributed by atoms with Gasteiger partial charge in [0, 0.05) is 19.8 Å². The van der Waals surface area contributed by atoms with Crippen LogP contribution in [0, 0.1) is 5.82 Å². The average Bonchev–Trinajstić information content (AvgIpc) is 2.93. The van der Waals surface area contributed by atoms with E-state index in [4.69, 9.17) is 11.6 Å². The molecule has 1 amide bonds. The Hall–Kier alpha value is -2.67. The molecule has 0 fully saturated rings. The molecule has 26 heavy (non-hydrogen) atoms. The maximum atomic E-state index is 13.3. The first-order valence-corrected chi connectivity index (χ1v) is 8.34. The smallest absolute Gasteiger partial charge is 0.328 e. The van der Waals surface area contributed by atoms with Gasteiger partial charge >= 0.3 is 5.97 Å². The predicted octanol–water partition coefficient (Wildman–Crippen LogP) is 2.45. The molecule has 6 nitrogen and oxygen atoms in total. The first-order valence-electron chi connectivity index (χ1n) is 7.96. The van der Waals surface area contributed by atoms with Crippen LogP contribution in [-0.4, -0.2) is 51.7 Å². The Labute approximate surface area is 154 Å². The molecule has 2 unspecified atom stereocenters. The lowest BCUT2D eigenvalue weighted by Gasteiger charge is -2.27. The van der Waals surface area contributed by atoms with Gasteiger partial charge < -0.3 is 14.9 Å². The number of nitrogens with zero attached hydrogens (tertiary/aromatic N) is 3. The number of rotatable bonds is 4. The zero-order valence-corrected chi connectivity index (χ0v) is 14.9. The van der Waals surface area contributed by atoms with Crippen LogP contribution in [0.15, 0.2) is 47.1 Å². The molecule has 2 atom stereocenters. The summed E-state index contributed by atoms with van der Waals surface area (Å²) in [5.41, 5.74) is 1.00. The number of carboxylic acid groups (broad SMARTS) is 1. The lowest BCUT2D eigenvalue weighted by Crippen LogP contribution is -2.44. The second-order valence-electron chi connectivity index (χ2n) is 6.22. The van der Waals surface area contributed by atoms with Crippen molar-refractivity contribution in [2.45, 2.75) is 25.6 Å². The number of carbonyl (C=O) groups is 2. The summed E-state index contributed by atoms with van der Waals surface area (Å²) in [5.74, 6) is -1.48. The van der Waals surface area contributed by atoms with Gasteiger partial charge in [-0.3, -0.25) is 9.79 Å². The molecule has 3 rings (SSSR count). The number of halogens is 2. The molecule has 136 valence electrons. The minimum Gasteiger partial charge on any atom is -0.480 e. The van der Waals surface area contributed by atoms with E-state index in [1.54, 1.807) is 38.4 Å². The fourth-order valence-electron chi connectivity index (χ4n) is 3.05. The van der Waals surface area contributed by atoms with Gasteiger partial charge in [-0.1, -0.05) is 17.7 Å². The van der Waals surface area contributed by atoms with Gasteiger partial charge in [0.1, 0.15) is 11.7 Å². The van der Waals surface area contributed by atoms with Gasteiger partial charge in [0.05, 0.1) is 16.6 Å². The van der Waals surface area contributed by atoms with Crippen molar-refractivity contribution in [3.63, 3.8) is 0 Å². The van der Waals surface area contributed by atoms with Gasteiger partial charge in [-0.05, 0) is 36.8 Å². The fraction of sp³-hybridized carbons (Fsp3) is 0.278. The van der Waals surface area contributed by atoms with Gasteiger partial charge in [-0.15, -0.1) is 0 Å². The second-order valence-corrected chi connectivity index (χ2v) is 6.62. The Bertz CT molecular complexity index is 865. The van der Waals surface area contributed by atoms with Crippen LogP contribution in [0.3, 0.4) is 0 Å². The Morgan fingerprint density at radius 2 is 2.15 bits per heavy atom. The van der Waals surface area contributed by atoms with E-state index in [-0.39, 0.29) is 17.5 Å². The van der Waals surface area contributed by atoms with E-state index in [0.29, 0.717) is 17.0 Å². The van der Waals surface area contributed by atoms with E-state index >= 15 is 0 Å². The Morgan fingerprint density at radius 3 is 2.81 bits per heavy atom. The van der Waals surface area contributed by atoms with Crippen molar-refractivity contribution in [3.05, 3.63) is 58.5 Å². The van der Waals surface area contributed by atoms with Crippen LogP contribution < -0.4 is 0 Å². The van der Waals surface area contributed by atoms with E-state index in [1.807, 2.05) is 0 Å². The van der Waals surface area contributed by atoms with Crippen LogP contribution >= 0.6 is 11.6 Å². The largest absolute Gasteiger partial charge is 0.480 e. The number of likely N-dealkylation sites (N-methyl/N-ethyl adjacent to an activating group) is 1. The normalized spacial score (nSPS) is 21.2. The van der Waals surface area contributed by atoms with Crippen LogP contribution in [0.5, 0.6) is 0 Å². The van der Waals surface area contributed by atoms with Crippen molar-refractivity contribution in [1.29, 1.82) is 0 Å². The maximum Gasteiger partial charge on any atom is 0.328 e. The van der Waals surface area contributed by atoms with Crippen LogP contribution in [0.1, 0.15) is 12.5 Å². The van der Waals surface area contributed by atoms with E-state index in [0.717, 1.165) is 0 Å². The van der Waals surface area contributed by atoms with E-state index in [9.17, 15) is 19.1 Å². The molecule has 2 heterocycles. The second kappa shape index (κ2) is 6.92. The van der Waals surface area contributed by atoms with Gasteiger partial charge in [0.15, 0.2) is 6.04 Å². The molecule has 0 aliphatic carbocycles. The molecule has 0 bridgehead atoms. The van der Waals surface area contributed by atoms with Crippen molar-refractivity contribution in [2.24, 2.45) is 4.99 Å². The molecule has 0 radical (unpaired) electrons. The summed E-state index contributed by atoms with van der Waals surface area (Å²) in [4.78, 5) is 31.6. The van der Waals surface area contributed by atoms with Crippen molar-refractivity contribution in [1.82, 2.24) is 9.80 Å². The Balaban J connectivity index is 1.80. The van der Waals surface area contributed by atoms with Crippen molar-refractivity contribution < 1.29 is 19.1 Å². The SMILES string of the molecule is CC1N=C2C(C(=O)N(C)Cc3ccc(F)c(Cl)c3)=CC=CN2C1C(=O)O. The minimum absolute atomic E-state index is 0.00682. The maximum absolute atomic E-state index is 13.3. The highest BCUT2D eigenvalue weighted by Crippen LogP contribution is 2.26. The molecule has 0 saturated heterocycles. The fourth-order valence-corrected chi connectivity index (χ4v) is 3.26. The van der Waals surface area contributed by atoms with E-state index in [1.165, 1.54) is 21.9 Å². The third kappa shape index (κ3) is 3.22. The van der Waals surface area contributed by atoms with Crippen LogP contribution in [0.25, 0.3) is 0 Å². The molecule has 2 aliphatic rings. The van der Waals surface area contributed by atoms with Crippen molar-refractivity contribution >= 4 is 29.3 Å². The van der Waals surface area contributed by atoms with Crippen LogP contribution in [0.4, 0.5) is 4.39 Å². The minimum atomic E-state index is -0.996. The third-order valence-corrected chi connectivity index (χ3v) is 4.60. The van der Waals surface area contributed by atoms with Gasteiger partial charge in [-0.25, -0.2) is 9.18 Å². The topological polar surface area (TPSA) is 73.2 Å². The summed E-state index contributed by atoms with van der Waals surface area (Å²) in [5, 5.41) is 9.39. The Morgan fingerprint density at radius 1 is 1.42 bits per heavy atom. The summed E-state index contributed by atoms with van der Waals surface area (Å²) >= 11 is 5.78. The summed E-state index contributed by atoms with van der Waals surface area (Å²) in [7, 11) is 1.61. The monoisotopic (exact) mass is 377 g/mol. The average molecular weight is 378 g/mol. The molecular weight excluding hydrogens is 361 g/mol. The summed E-state index contributed by atoms with van der Waals surface area (Å²) < 4.78 is 13.3. The number of amides is 1. The first-order chi connectivity index (χ1) is 12.3. The number of carboxylic acids is 1. The number of benzene rings is 1. The summed E-state index contributed by atoms with van der Waals surface area (Å²) in [6.07, 6.45) is 4.85. The number of amidine groups is 1. The molecule has 1 aromatic rings. The van der Waals surface area contributed by atoms with Crippen LogP contribution in [-0.2, 0) is 16.1 Å². The lowest BCUT2D eigenvalue weighted by atomic mass is 10.1. The number of hydrogen-bond acceptors (Lipinski definition) is 4. The molecule has 2 aliphatic heterocycles. The quantitative estimate of drug-likeness (QED) is 0.874. The third-order valence-electron chi connectivity index (χ3n) is 4.31. The highest BCUT2D eigenvalue weighted by Gasteiger charge is 2.41. The lowest BCUT2D eigenvalue weighted by molar-refractivity contribution is -0.141. The molecule has 1 aromatic carbocycles. The van der Waals surface area contributed by atoms with Gasteiger partial charge in [0.2, 0.25) is 0 Å². The standard InChI is InChI=1S/C18H17ClFN3O3/c1-10-15(18(25)26)23-7-3-4-12(16(23)21-10)17(24)22(2)9-11-5-6-14(20)13(19)8-11/h3-8,10,15H,9H2,1-2H3,(H,25,26). The molecule has 0 saturated carbocycles. The predicted molar refractivity (Wildman–Crippen MR) is 95.3 cm³/mol.